The number of sulfonamides is 1. The molecule has 0 aliphatic heterocycles. The number of nitrogens with one attached hydrogen (secondary N) is 1. The molecule has 0 heterocycles. The molecule has 0 spiro atoms. The predicted molar refractivity (Wildman–Crippen MR) is 68.4 cm³/mol. The Labute approximate surface area is 105 Å². The molecule has 0 fully saturated rings. The van der Waals surface area contributed by atoms with Gasteiger partial charge < -0.3 is 10.5 Å². The fourth-order valence-corrected chi connectivity index (χ4v) is 2.25. The van der Waals surface area contributed by atoms with Gasteiger partial charge in [0.1, 0.15) is 0 Å². The largest absolute Gasteiger partial charge is 0.378 e. The van der Waals surface area contributed by atoms with Crippen molar-refractivity contribution in [3.8, 4) is 0 Å². The molecule has 100 valence electrons. The zero-order valence-electron chi connectivity index (χ0n) is 10.3. The summed E-state index contributed by atoms with van der Waals surface area (Å²) in [5.41, 5.74) is 4.83. The van der Waals surface area contributed by atoms with Gasteiger partial charge in [-0.25, -0.2) is 13.1 Å². The molecule has 5 nitrogen and oxygen atoms in total. The highest BCUT2D eigenvalue weighted by Gasteiger charge is 2.22. The van der Waals surface area contributed by atoms with Gasteiger partial charge in [0.25, 0.3) is 0 Å². The molecule has 0 bridgehead atoms. The number of ether oxygens (including phenoxy) is 1. The van der Waals surface area contributed by atoms with E-state index in [1.54, 1.807) is 13.8 Å². The van der Waals surface area contributed by atoms with Gasteiger partial charge in [-0.1, -0.05) is 0 Å². The fourth-order valence-electron chi connectivity index (χ4n) is 0.907. The fraction of sp³-hybridized carbons (Fsp3) is 1.00. The lowest BCUT2D eigenvalue weighted by Crippen LogP contribution is -2.49. The quantitative estimate of drug-likeness (QED) is 0.708. The van der Waals surface area contributed by atoms with Gasteiger partial charge in [-0.05, 0) is 27.7 Å². The van der Waals surface area contributed by atoms with E-state index in [0.29, 0.717) is 0 Å². The molecule has 0 aromatic rings. The maximum absolute atomic E-state index is 11.5. The zero-order valence-corrected chi connectivity index (χ0v) is 12.0. The molecule has 16 heavy (non-hydrogen) atoms. The molecule has 0 saturated heterocycles. The van der Waals surface area contributed by atoms with Crippen LogP contribution in [-0.4, -0.2) is 39.0 Å². The Balaban J connectivity index is 0. The first kappa shape index (κ1) is 18.5. The maximum atomic E-state index is 11.5. The van der Waals surface area contributed by atoms with Crippen LogP contribution in [0.5, 0.6) is 0 Å². The third-order valence-corrected chi connectivity index (χ3v) is 3.31. The SMILES string of the molecule is CC(C)OCCS(=O)(=O)NC(C)(C)CN.Cl. The lowest BCUT2D eigenvalue weighted by Gasteiger charge is -2.23. The van der Waals surface area contributed by atoms with Crippen LogP contribution < -0.4 is 10.5 Å². The van der Waals surface area contributed by atoms with Crippen LogP contribution in [0.4, 0.5) is 0 Å². The van der Waals surface area contributed by atoms with Crippen molar-refractivity contribution in [3.63, 3.8) is 0 Å². The van der Waals surface area contributed by atoms with Crippen molar-refractivity contribution in [3.05, 3.63) is 0 Å². The molecular weight excluding hydrogens is 252 g/mol. The highest BCUT2D eigenvalue weighted by atomic mass is 35.5. The topological polar surface area (TPSA) is 81.4 Å². The second-order valence-electron chi connectivity index (χ2n) is 4.43. The van der Waals surface area contributed by atoms with E-state index in [9.17, 15) is 8.42 Å². The van der Waals surface area contributed by atoms with Crippen LogP contribution in [0.1, 0.15) is 27.7 Å². The van der Waals surface area contributed by atoms with Crippen molar-refractivity contribution in [1.82, 2.24) is 4.72 Å². The molecular formula is C9H23ClN2O3S. The Morgan fingerprint density at radius 3 is 2.25 bits per heavy atom. The highest BCUT2D eigenvalue weighted by Crippen LogP contribution is 2.02. The maximum Gasteiger partial charge on any atom is 0.214 e. The number of hydrogen-bond donors (Lipinski definition) is 2. The van der Waals surface area contributed by atoms with Gasteiger partial charge in [0.15, 0.2) is 0 Å². The van der Waals surface area contributed by atoms with Crippen molar-refractivity contribution < 1.29 is 13.2 Å². The molecule has 0 amide bonds. The van der Waals surface area contributed by atoms with E-state index in [1.165, 1.54) is 0 Å². The van der Waals surface area contributed by atoms with Crippen LogP contribution >= 0.6 is 12.4 Å². The molecule has 0 aliphatic carbocycles. The molecule has 7 heteroatoms. The molecule has 0 atom stereocenters. The summed E-state index contributed by atoms with van der Waals surface area (Å²) in [5.74, 6) is -0.0331. The Morgan fingerprint density at radius 1 is 1.38 bits per heavy atom. The number of halogens is 1. The molecule has 0 unspecified atom stereocenters. The van der Waals surface area contributed by atoms with Gasteiger partial charge in [-0.3, -0.25) is 0 Å². The summed E-state index contributed by atoms with van der Waals surface area (Å²) in [4.78, 5) is 0. The van der Waals surface area contributed by atoms with Crippen molar-refractivity contribution in [2.75, 3.05) is 18.9 Å². The third kappa shape index (κ3) is 9.35. The van der Waals surface area contributed by atoms with Crippen LogP contribution in [0.3, 0.4) is 0 Å². The van der Waals surface area contributed by atoms with E-state index in [0.717, 1.165) is 0 Å². The van der Waals surface area contributed by atoms with Gasteiger partial charge in [0.05, 0.1) is 18.5 Å². The summed E-state index contributed by atoms with van der Waals surface area (Å²) in [6.07, 6.45) is 0.0442. The first-order valence-corrected chi connectivity index (χ1v) is 6.67. The monoisotopic (exact) mass is 274 g/mol. The van der Waals surface area contributed by atoms with Gasteiger partial charge in [0.2, 0.25) is 10.0 Å². The Morgan fingerprint density at radius 2 is 1.88 bits per heavy atom. The lowest BCUT2D eigenvalue weighted by atomic mass is 10.1. The van der Waals surface area contributed by atoms with E-state index in [4.69, 9.17) is 10.5 Å². The molecule has 0 aromatic heterocycles. The Kier molecular flexibility index (Phi) is 8.60. The van der Waals surface area contributed by atoms with Crippen molar-refractivity contribution in [2.24, 2.45) is 5.73 Å². The van der Waals surface area contributed by atoms with Crippen LogP contribution in [-0.2, 0) is 14.8 Å². The summed E-state index contributed by atoms with van der Waals surface area (Å²) < 4.78 is 30.8. The molecule has 0 rings (SSSR count). The first-order chi connectivity index (χ1) is 6.68. The lowest BCUT2D eigenvalue weighted by molar-refractivity contribution is 0.0911. The summed E-state index contributed by atoms with van der Waals surface area (Å²) in [6.45, 7) is 7.68. The summed E-state index contributed by atoms with van der Waals surface area (Å²) in [6, 6.07) is 0. The average Bonchev–Trinajstić information content (AvgIpc) is 2.01. The number of nitrogens with two attached hydrogens (primary N) is 1. The smallest absolute Gasteiger partial charge is 0.214 e. The van der Waals surface area contributed by atoms with Crippen LogP contribution in [0.15, 0.2) is 0 Å². The first-order valence-electron chi connectivity index (χ1n) is 5.02. The normalized spacial score (nSPS) is 12.6. The van der Waals surface area contributed by atoms with E-state index < -0.39 is 15.6 Å². The second-order valence-corrected chi connectivity index (χ2v) is 6.27. The predicted octanol–water partition coefficient (Wildman–Crippen LogP) is 0.490. The Bertz CT molecular complexity index is 278. The van der Waals surface area contributed by atoms with Crippen molar-refractivity contribution in [2.45, 2.75) is 39.3 Å². The number of rotatable bonds is 7. The van der Waals surface area contributed by atoms with E-state index in [2.05, 4.69) is 4.72 Å². The van der Waals surface area contributed by atoms with Gasteiger partial charge >= 0.3 is 0 Å². The summed E-state index contributed by atoms with van der Waals surface area (Å²) in [7, 11) is -3.30. The molecule has 0 radical (unpaired) electrons. The molecule has 3 N–H and O–H groups in total. The summed E-state index contributed by atoms with van der Waals surface area (Å²) in [5, 5.41) is 0. The zero-order chi connectivity index (χ0) is 12.1. The molecule has 0 saturated carbocycles. The molecule has 0 aliphatic rings. The second kappa shape index (κ2) is 7.45. The minimum absolute atomic E-state index is 0. The van der Waals surface area contributed by atoms with Gasteiger partial charge in [-0.2, -0.15) is 0 Å². The van der Waals surface area contributed by atoms with Crippen molar-refractivity contribution >= 4 is 22.4 Å². The van der Waals surface area contributed by atoms with Gasteiger partial charge in [-0.15, -0.1) is 12.4 Å². The molecule has 0 aromatic carbocycles. The average molecular weight is 275 g/mol. The van der Waals surface area contributed by atoms with E-state index in [1.807, 2.05) is 13.8 Å². The van der Waals surface area contributed by atoms with Crippen LogP contribution in [0.2, 0.25) is 0 Å². The van der Waals surface area contributed by atoms with E-state index >= 15 is 0 Å². The standard InChI is InChI=1S/C9H22N2O3S.ClH/c1-8(2)14-5-6-15(12,13)11-9(3,4)7-10;/h8,11H,5-7,10H2,1-4H3;1H. The van der Waals surface area contributed by atoms with Crippen LogP contribution in [0, 0.1) is 0 Å². The van der Waals surface area contributed by atoms with Crippen LogP contribution in [0.25, 0.3) is 0 Å². The Hall–Kier alpha value is 0.120. The van der Waals surface area contributed by atoms with Gasteiger partial charge in [0, 0.05) is 12.1 Å². The minimum atomic E-state index is -3.30. The summed E-state index contributed by atoms with van der Waals surface area (Å²) >= 11 is 0. The number of hydrogen-bond acceptors (Lipinski definition) is 4. The third-order valence-electron chi connectivity index (χ3n) is 1.75. The van der Waals surface area contributed by atoms with Crippen molar-refractivity contribution in [1.29, 1.82) is 0 Å². The van der Waals surface area contributed by atoms with E-state index in [-0.39, 0.29) is 37.4 Å². The minimum Gasteiger partial charge on any atom is -0.378 e. The highest BCUT2D eigenvalue weighted by molar-refractivity contribution is 7.89.